The molecule has 0 radical (unpaired) electrons. The van der Waals surface area contributed by atoms with Gasteiger partial charge in [0.25, 0.3) is 0 Å². The predicted octanol–water partition coefficient (Wildman–Crippen LogP) is 0.193. The average Bonchev–Trinajstić information content (AvgIpc) is 2.28. The number of ether oxygens (including phenoxy) is 2. The Morgan fingerprint density at radius 3 is 3.06 bits per heavy atom. The van der Waals surface area contributed by atoms with E-state index in [0.717, 1.165) is 6.42 Å². The maximum Gasteiger partial charge on any atom is 0.333 e. The van der Waals surface area contributed by atoms with Crippen LogP contribution in [0.25, 0.3) is 0 Å². The van der Waals surface area contributed by atoms with Crippen LogP contribution in [-0.4, -0.2) is 43.2 Å². The fourth-order valence-electron chi connectivity index (χ4n) is 1.46. The monoisotopic (exact) mass is 229 g/mol. The van der Waals surface area contributed by atoms with Gasteiger partial charge in [-0.25, -0.2) is 4.79 Å². The molecule has 1 saturated heterocycles. The van der Waals surface area contributed by atoms with Gasteiger partial charge in [0.1, 0.15) is 0 Å². The van der Waals surface area contributed by atoms with Crippen LogP contribution >= 0.6 is 0 Å². The highest BCUT2D eigenvalue weighted by atomic mass is 16.6. The molecule has 2 unspecified atom stereocenters. The topological polar surface area (TPSA) is 67.8 Å². The molecule has 0 spiro atoms. The first kappa shape index (κ1) is 13.2. The number of esters is 1. The highest BCUT2D eigenvalue weighted by Crippen LogP contribution is 2.12. The number of nitrogens with one attached hydrogen (secondary N) is 1. The third-order valence-electron chi connectivity index (χ3n) is 2.33. The molecule has 0 bridgehead atoms. The molecule has 0 aliphatic carbocycles. The van der Waals surface area contributed by atoms with E-state index in [1.54, 1.807) is 0 Å². The van der Waals surface area contributed by atoms with E-state index in [4.69, 9.17) is 9.47 Å². The minimum atomic E-state index is -0.885. The van der Waals surface area contributed by atoms with Gasteiger partial charge in [-0.05, 0) is 12.8 Å². The molecule has 5 nitrogen and oxygen atoms in total. The molecular formula is C11H19NO4. The smallest absolute Gasteiger partial charge is 0.333 e. The van der Waals surface area contributed by atoms with Crippen LogP contribution in [0.5, 0.6) is 0 Å². The second kappa shape index (κ2) is 6.62. The van der Waals surface area contributed by atoms with Crippen molar-refractivity contribution in [1.29, 1.82) is 0 Å². The van der Waals surface area contributed by atoms with E-state index < -0.39 is 12.3 Å². The molecule has 1 aliphatic heterocycles. The van der Waals surface area contributed by atoms with Crippen molar-refractivity contribution < 1.29 is 19.4 Å². The second-order valence-electron chi connectivity index (χ2n) is 3.77. The largest absolute Gasteiger partial charge is 0.462 e. The zero-order valence-electron chi connectivity index (χ0n) is 9.57. The van der Waals surface area contributed by atoms with Crippen molar-refractivity contribution in [3.8, 4) is 0 Å². The van der Waals surface area contributed by atoms with Crippen molar-refractivity contribution in [2.75, 3.05) is 19.8 Å². The summed E-state index contributed by atoms with van der Waals surface area (Å²) in [5.41, 5.74) is 0.357. The lowest BCUT2D eigenvalue weighted by molar-refractivity contribution is -0.144. The molecular weight excluding hydrogens is 210 g/mol. The molecule has 0 aromatic carbocycles. The standard InChI is InChI=1S/C11H19NO4/c1-3-5-15-10(13)8(2)7-9-11(14)16-6-4-12-9/h9,11-12,14H,2-7H2,1H3. The van der Waals surface area contributed by atoms with E-state index in [9.17, 15) is 9.90 Å². The molecule has 1 rings (SSSR count). The first-order valence-electron chi connectivity index (χ1n) is 5.53. The van der Waals surface area contributed by atoms with Crippen LogP contribution in [0.3, 0.4) is 0 Å². The molecule has 5 heteroatoms. The van der Waals surface area contributed by atoms with Crippen molar-refractivity contribution in [3.05, 3.63) is 12.2 Å². The quantitative estimate of drug-likeness (QED) is 0.520. The molecule has 0 saturated carbocycles. The number of hydrogen-bond acceptors (Lipinski definition) is 5. The molecule has 2 N–H and O–H groups in total. The first-order valence-corrected chi connectivity index (χ1v) is 5.53. The van der Waals surface area contributed by atoms with Gasteiger partial charge in [0, 0.05) is 12.1 Å². The van der Waals surface area contributed by atoms with Crippen molar-refractivity contribution in [3.63, 3.8) is 0 Å². The molecule has 16 heavy (non-hydrogen) atoms. The van der Waals surface area contributed by atoms with Gasteiger partial charge in [-0.2, -0.15) is 0 Å². The predicted molar refractivity (Wildman–Crippen MR) is 58.8 cm³/mol. The normalized spacial score (nSPS) is 25.1. The van der Waals surface area contributed by atoms with Gasteiger partial charge >= 0.3 is 5.97 Å². The average molecular weight is 229 g/mol. The summed E-state index contributed by atoms with van der Waals surface area (Å²) in [7, 11) is 0. The Bertz CT molecular complexity index is 254. The minimum absolute atomic E-state index is 0.282. The fraction of sp³-hybridized carbons (Fsp3) is 0.727. The van der Waals surface area contributed by atoms with E-state index in [1.807, 2.05) is 6.92 Å². The lowest BCUT2D eigenvalue weighted by Crippen LogP contribution is -2.48. The summed E-state index contributed by atoms with van der Waals surface area (Å²) in [4.78, 5) is 11.4. The van der Waals surface area contributed by atoms with Crippen LogP contribution in [-0.2, 0) is 14.3 Å². The van der Waals surface area contributed by atoms with Gasteiger partial charge in [0.2, 0.25) is 0 Å². The molecule has 0 amide bonds. The fourth-order valence-corrected chi connectivity index (χ4v) is 1.46. The number of carbonyl (C=O) groups is 1. The van der Waals surface area contributed by atoms with Gasteiger partial charge in [0.05, 0.1) is 19.3 Å². The number of aliphatic hydroxyl groups excluding tert-OH is 1. The van der Waals surface area contributed by atoms with E-state index >= 15 is 0 Å². The Kier molecular flexibility index (Phi) is 5.45. The van der Waals surface area contributed by atoms with E-state index in [2.05, 4.69) is 11.9 Å². The van der Waals surface area contributed by atoms with E-state index in [0.29, 0.717) is 31.8 Å². The van der Waals surface area contributed by atoms with Crippen LogP contribution in [0.15, 0.2) is 12.2 Å². The maximum absolute atomic E-state index is 11.4. The third-order valence-corrected chi connectivity index (χ3v) is 2.33. The second-order valence-corrected chi connectivity index (χ2v) is 3.77. The highest BCUT2D eigenvalue weighted by Gasteiger charge is 2.25. The Morgan fingerprint density at radius 1 is 1.69 bits per heavy atom. The molecule has 92 valence electrons. The van der Waals surface area contributed by atoms with Crippen LogP contribution in [0.4, 0.5) is 0 Å². The van der Waals surface area contributed by atoms with Crippen LogP contribution in [0, 0.1) is 0 Å². The number of carbonyl (C=O) groups excluding carboxylic acids is 1. The van der Waals surface area contributed by atoms with Crippen LogP contribution < -0.4 is 5.32 Å². The van der Waals surface area contributed by atoms with Gasteiger partial charge in [0.15, 0.2) is 6.29 Å². The SMILES string of the molecule is C=C(CC1NCCOC1O)C(=O)OCCC. The van der Waals surface area contributed by atoms with E-state index in [-0.39, 0.29) is 6.04 Å². The first-order chi connectivity index (χ1) is 7.65. The van der Waals surface area contributed by atoms with E-state index in [1.165, 1.54) is 0 Å². The van der Waals surface area contributed by atoms with Crippen molar-refractivity contribution in [1.82, 2.24) is 5.32 Å². The van der Waals surface area contributed by atoms with Crippen molar-refractivity contribution in [2.45, 2.75) is 32.1 Å². The summed E-state index contributed by atoms with van der Waals surface area (Å²) in [5, 5.41) is 12.6. The lowest BCUT2D eigenvalue weighted by Gasteiger charge is -2.29. The van der Waals surface area contributed by atoms with Gasteiger partial charge in [-0.1, -0.05) is 13.5 Å². The molecule has 1 fully saturated rings. The Hall–Kier alpha value is -0.910. The lowest BCUT2D eigenvalue weighted by atomic mass is 10.1. The Labute approximate surface area is 95.4 Å². The number of hydrogen-bond donors (Lipinski definition) is 2. The zero-order chi connectivity index (χ0) is 12.0. The summed E-state index contributed by atoms with van der Waals surface area (Å²) in [6, 6.07) is -0.282. The number of rotatable bonds is 5. The Balaban J connectivity index is 2.34. The maximum atomic E-state index is 11.4. The number of morpholine rings is 1. The minimum Gasteiger partial charge on any atom is -0.462 e. The molecule has 1 aliphatic rings. The summed E-state index contributed by atoms with van der Waals surface area (Å²) in [6.45, 7) is 7.12. The molecule has 2 atom stereocenters. The van der Waals surface area contributed by atoms with Gasteiger partial charge < -0.3 is 19.9 Å². The summed E-state index contributed by atoms with van der Waals surface area (Å²) < 4.78 is 9.99. The molecule has 0 aromatic heterocycles. The van der Waals surface area contributed by atoms with Gasteiger partial charge in [-0.3, -0.25) is 0 Å². The van der Waals surface area contributed by atoms with Crippen molar-refractivity contribution in [2.24, 2.45) is 0 Å². The molecule has 0 aromatic rings. The Morgan fingerprint density at radius 2 is 2.44 bits per heavy atom. The number of aliphatic hydroxyl groups is 1. The highest BCUT2D eigenvalue weighted by molar-refractivity contribution is 5.87. The van der Waals surface area contributed by atoms with Crippen LogP contribution in [0.1, 0.15) is 19.8 Å². The molecule has 1 heterocycles. The van der Waals surface area contributed by atoms with Crippen molar-refractivity contribution >= 4 is 5.97 Å². The van der Waals surface area contributed by atoms with Crippen LogP contribution in [0.2, 0.25) is 0 Å². The zero-order valence-corrected chi connectivity index (χ0v) is 9.57. The van der Waals surface area contributed by atoms with Gasteiger partial charge in [-0.15, -0.1) is 0 Å². The summed E-state index contributed by atoms with van der Waals surface area (Å²) in [5.74, 6) is -0.401. The summed E-state index contributed by atoms with van der Waals surface area (Å²) in [6.07, 6.45) is 0.236. The third kappa shape index (κ3) is 3.92. The summed E-state index contributed by atoms with van der Waals surface area (Å²) >= 11 is 0.